The molecule has 0 aliphatic rings. The first kappa shape index (κ1) is 19.7. The van der Waals surface area contributed by atoms with Crippen LogP contribution in [-0.4, -0.2) is 20.8 Å². The first-order chi connectivity index (χ1) is 14.3. The van der Waals surface area contributed by atoms with Gasteiger partial charge in [0.15, 0.2) is 11.6 Å². The van der Waals surface area contributed by atoms with Crippen LogP contribution in [0.5, 0.6) is 5.75 Å². The molecule has 4 rings (SSSR count). The molecule has 0 atom stereocenters. The molecule has 0 radical (unpaired) electrons. The molecule has 6 nitrogen and oxygen atoms in total. The van der Waals surface area contributed by atoms with E-state index in [1.807, 2.05) is 24.3 Å². The predicted molar refractivity (Wildman–Crippen MR) is 115 cm³/mol. The second kappa shape index (κ2) is 7.33. The largest absolute Gasteiger partial charge is 0.494 e. The monoisotopic (exact) mass is 407 g/mol. The SMILES string of the molecule is COc1ccc(Cn2c(=O)n(C)c3cc(-c4cc(C)c(=O)n(C)c4)ccc32)cc1F. The Morgan fingerprint density at radius 2 is 1.73 bits per heavy atom. The summed E-state index contributed by atoms with van der Waals surface area (Å²) in [7, 11) is 4.85. The van der Waals surface area contributed by atoms with Gasteiger partial charge < -0.3 is 9.30 Å². The van der Waals surface area contributed by atoms with E-state index in [1.54, 1.807) is 53.0 Å². The molecule has 30 heavy (non-hydrogen) atoms. The van der Waals surface area contributed by atoms with Gasteiger partial charge in [-0.3, -0.25) is 13.9 Å². The number of rotatable bonds is 4. The fraction of sp³-hybridized carbons (Fsp3) is 0.217. The Morgan fingerprint density at radius 1 is 0.967 bits per heavy atom. The van der Waals surface area contributed by atoms with Crippen molar-refractivity contribution < 1.29 is 9.13 Å². The maximum absolute atomic E-state index is 14.1. The predicted octanol–water partition coefficient (Wildman–Crippen LogP) is 3.21. The van der Waals surface area contributed by atoms with E-state index in [-0.39, 0.29) is 23.5 Å². The molecule has 0 saturated carbocycles. The first-order valence-electron chi connectivity index (χ1n) is 9.49. The lowest BCUT2D eigenvalue weighted by molar-refractivity contribution is 0.386. The van der Waals surface area contributed by atoms with Crippen molar-refractivity contribution in [2.45, 2.75) is 13.5 Å². The molecule has 0 N–H and O–H groups in total. The van der Waals surface area contributed by atoms with E-state index in [0.29, 0.717) is 11.1 Å². The van der Waals surface area contributed by atoms with Crippen molar-refractivity contribution in [3.63, 3.8) is 0 Å². The number of methoxy groups -OCH3 is 1. The maximum atomic E-state index is 14.1. The van der Waals surface area contributed by atoms with Gasteiger partial charge in [-0.05, 0) is 53.9 Å². The molecule has 2 aromatic carbocycles. The zero-order valence-electron chi connectivity index (χ0n) is 17.3. The lowest BCUT2D eigenvalue weighted by Gasteiger charge is -2.08. The van der Waals surface area contributed by atoms with Crippen LogP contribution in [0.3, 0.4) is 0 Å². The highest BCUT2D eigenvalue weighted by molar-refractivity contribution is 5.82. The Bertz CT molecular complexity index is 1370. The van der Waals surface area contributed by atoms with E-state index in [0.717, 1.165) is 22.2 Å². The Balaban J connectivity index is 1.80. The number of hydrogen-bond acceptors (Lipinski definition) is 3. The third-order valence-electron chi connectivity index (χ3n) is 5.40. The highest BCUT2D eigenvalue weighted by Crippen LogP contribution is 2.25. The van der Waals surface area contributed by atoms with E-state index in [1.165, 1.54) is 13.2 Å². The number of hydrogen-bond donors (Lipinski definition) is 0. The molecule has 0 aliphatic heterocycles. The molecule has 0 amide bonds. The van der Waals surface area contributed by atoms with Gasteiger partial charge in [-0.1, -0.05) is 12.1 Å². The lowest BCUT2D eigenvalue weighted by Crippen LogP contribution is -2.22. The average molecular weight is 407 g/mol. The highest BCUT2D eigenvalue weighted by atomic mass is 19.1. The fourth-order valence-corrected chi connectivity index (χ4v) is 3.77. The van der Waals surface area contributed by atoms with E-state index < -0.39 is 5.82 Å². The summed E-state index contributed by atoms with van der Waals surface area (Å²) < 4.78 is 23.8. The summed E-state index contributed by atoms with van der Waals surface area (Å²) in [4.78, 5) is 24.8. The maximum Gasteiger partial charge on any atom is 0.329 e. The van der Waals surface area contributed by atoms with E-state index in [2.05, 4.69) is 0 Å². The van der Waals surface area contributed by atoms with Crippen LogP contribution in [0.15, 0.2) is 58.3 Å². The van der Waals surface area contributed by atoms with Crippen LogP contribution in [0, 0.1) is 12.7 Å². The molecule has 4 aromatic rings. The van der Waals surface area contributed by atoms with Gasteiger partial charge >= 0.3 is 5.69 Å². The summed E-state index contributed by atoms with van der Waals surface area (Å²) in [5, 5.41) is 0. The molecule has 0 saturated heterocycles. The van der Waals surface area contributed by atoms with Crippen LogP contribution >= 0.6 is 0 Å². The number of nitrogens with zero attached hydrogens (tertiary/aromatic N) is 3. The minimum absolute atomic E-state index is 0.0369. The van der Waals surface area contributed by atoms with Gasteiger partial charge in [-0.15, -0.1) is 0 Å². The molecule has 0 spiro atoms. The number of imidazole rings is 1. The number of fused-ring (bicyclic) bond motifs is 1. The molecule has 7 heteroatoms. The van der Waals surface area contributed by atoms with Gasteiger partial charge in [0.1, 0.15) is 0 Å². The highest BCUT2D eigenvalue weighted by Gasteiger charge is 2.14. The van der Waals surface area contributed by atoms with Crippen LogP contribution in [0.2, 0.25) is 0 Å². The number of ether oxygens (including phenoxy) is 1. The molecular formula is C23H22FN3O3. The van der Waals surface area contributed by atoms with Crippen molar-refractivity contribution in [1.29, 1.82) is 0 Å². The summed E-state index contributed by atoms with van der Waals surface area (Å²) >= 11 is 0. The van der Waals surface area contributed by atoms with Crippen molar-refractivity contribution in [3.8, 4) is 16.9 Å². The van der Waals surface area contributed by atoms with E-state index >= 15 is 0 Å². The van der Waals surface area contributed by atoms with Crippen LogP contribution in [0.25, 0.3) is 22.2 Å². The van der Waals surface area contributed by atoms with Gasteiger partial charge in [-0.2, -0.15) is 0 Å². The molecule has 0 unspecified atom stereocenters. The standard InChI is InChI=1S/C23H22FN3O3/c1-14-9-17(13-25(2)22(14)28)16-6-7-19-20(11-16)26(3)23(29)27(19)12-15-5-8-21(30-4)18(24)10-15/h5-11,13H,12H2,1-4H3. The van der Waals surface area contributed by atoms with Gasteiger partial charge in [0, 0.05) is 25.9 Å². The molecule has 0 aliphatic carbocycles. The normalized spacial score (nSPS) is 11.2. The van der Waals surface area contributed by atoms with Gasteiger partial charge in [0.05, 0.1) is 24.7 Å². The van der Waals surface area contributed by atoms with Gasteiger partial charge in [0.2, 0.25) is 0 Å². The van der Waals surface area contributed by atoms with E-state index in [9.17, 15) is 14.0 Å². The Kier molecular flexibility index (Phi) is 4.81. The first-order valence-corrected chi connectivity index (χ1v) is 9.49. The lowest BCUT2D eigenvalue weighted by atomic mass is 10.1. The van der Waals surface area contributed by atoms with Gasteiger partial charge in [0.25, 0.3) is 5.56 Å². The molecule has 2 aromatic heterocycles. The number of pyridine rings is 1. The summed E-state index contributed by atoms with van der Waals surface area (Å²) in [5.41, 5.74) is 4.42. The third-order valence-corrected chi connectivity index (χ3v) is 5.40. The number of aryl methyl sites for hydroxylation is 3. The van der Waals surface area contributed by atoms with Crippen LogP contribution in [-0.2, 0) is 20.6 Å². The molecule has 2 heterocycles. The number of halogens is 1. The van der Waals surface area contributed by atoms with Crippen molar-refractivity contribution in [2.24, 2.45) is 14.1 Å². The van der Waals surface area contributed by atoms with Crippen molar-refractivity contribution in [1.82, 2.24) is 13.7 Å². The summed E-state index contributed by atoms with van der Waals surface area (Å²) in [6, 6.07) is 12.3. The number of aromatic nitrogens is 3. The summed E-state index contributed by atoms with van der Waals surface area (Å²) in [6.07, 6.45) is 1.78. The smallest absolute Gasteiger partial charge is 0.329 e. The Hall–Kier alpha value is -3.61. The quantitative estimate of drug-likeness (QED) is 0.522. The van der Waals surface area contributed by atoms with Crippen molar-refractivity contribution >= 4 is 11.0 Å². The zero-order valence-corrected chi connectivity index (χ0v) is 17.3. The average Bonchev–Trinajstić information content (AvgIpc) is 2.96. The van der Waals surface area contributed by atoms with Crippen molar-refractivity contribution in [3.05, 3.63) is 86.4 Å². The third kappa shape index (κ3) is 3.22. The molecule has 154 valence electrons. The minimum Gasteiger partial charge on any atom is -0.494 e. The van der Waals surface area contributed by atoms with Crippen LogP contribution in [0.1, 0.15) is 11.1 Å². The topological polar surface area (TPSA) is 58.2 Å². The van der Waals surface area contributed by atoms with Crippen molar-refractivity contribution in [2.75, 3.05) is 7.11 Å². The zero-order chi connectivity index (χ0) is 21.6. The second-order valence-electron chi connectivity index (χ2n) is 7.43. The Labute approximate surface area is 172 Å². The summed E-state index contributed by atoms with van der Waals surface area (Å²) in [6.45, 7) is 2.03. The Morgan fingerprint density at radius 3 is 2.40 bits per heavy atom. The summed E-state index contributed by atoms with van der Waals surface area (Å²) in [5.74, 6) is -0.295. The molecular weight excluding hydrogens is 385 g/mol. The van der Waals surface area contributed by atoms with Crippen LogP contribution < -0.4 is 16.0 Å². The van der Waals surface area contributed by atoms with Crippen LogP contribution in [0.4, 0.5) is 4.39 Å². The molecule has 0 bridgehead atoms. The van der Waals surface area contributed by atoms with Gasteiger partial charge in [-0.25, -0.2) is 9.18 Å². The van der Waals surface area contributed by atoms with E-state index in [4.69, 9.17) is 4.74 Å². The fourth-order valence-electron chi connectivity index (χ4n) is 3.77. The molecule has 0 fully saturated rings. The number of benzene rings is 2. The minimum atomic E-state index is -0.462. The second-order valence-corrected chi connectivity index (χ2v) is 7.43.